The third kappa shape index (κ3) is 4.16. The highest BCUT2D eigenvalue weighted by Crippen LogP contribution is 2.18. The molecular formula is C18H18F2N2O2. The molecule has 6 heteroatoms. The number of para-hydroxylation sites is 1. The number of rotatable bonds is 4. The van der Waals surface area contributed by atoms with Gasteiger partial charge in [0.25, 0.3) is 0 Å². The van der Waals surface area contributed by atoms with Gasteiger partial charge in [-0.2, -0.15) is 0 Å². The van der Waals surface area contributed by atoms with Gasteiger partial charge in [0.05, 0.1) is 6.04 Å². The number of nitrogens with one attached hydrogen (secondary N) is 2. The summed E-state index contributed by atoms with van der Waals surface area (Å²) in [6, 6.07) is 10.3. The summed E-state index contributed by atoms with van der Waals surface area (Å²) in [7, 11) is 0. The summed E-state index contributed by atoms with van der Waals surface area (Å²) >= 11 is 0. The molecule has 1 unspecified atom stereocenters. The van der Waals surface area contributed by atoms with E-state index in [1.807, 2.05) is 36.5 Å². The van der Waals surface area contributed by atoms with Crippen molar-refractivity contribution in [3.63, 3.8) is 0 Å². The molecule has 0 aliphatic rings. The molecular weight excluding hydrogens is 314 g/mol. The lowest BCUT2D eigenvalue weighted by Crippen LogP contribution is -2.37. The number of aryl methyl sites for hydroxylation is 1. The zero-order valence-corrected chi connectivity index (χ0v) is 13.4. The monoisotopic (exact) mass is 332 g/mol. The summed E-state index contributed by atoms with van der Waals surface area (Å²) in [4.78, 5) is 23.7. The molecule has 0 aromatic heterocycles. The summed E-state index contributed by atoms with van der Waals surface area (Å²) < 4.78 is 27.0. The van der Waals surface area contributed by atoms with Gasteiger partial charge >= 0.3 is 11.8 Å². The van der Waals surface area contributed by atoms with Crippen molar-refractivity contribution in [2.45, 2.75) is 26.3 Å². The Hall–Kier alpha value is -2.76. The molecule has 0 aliphatic carbocycles. The first-order valence-electron chi connectivity index (χ1n) is 7.57. The van der Waals surface area contributed by atoms with Crippen molar-refractivity contribution >= 4 is 17.5 Å². The van der Waals surface area contributed by atoms with E-state index in [4.69, 9.17) is 0 Å². The van der Waals surface area contributed by atoms with Crippen LogP contribution in [-0.2, 0) is 16.0 Å². The van der Waals surface area contributed by atoms with Gasteiger partial charge in [0.15, 0.2) is 0 Å². The molecule has 2 N–H and O–H groups in total. The van der Waals surface area contributed by atoms with Crippen molar-refractivity contribution in [3.8, 4) is 0 Å². The van der Waals surface area contributed by atoms with Gasteiger partial charge in [0, 0.05) is 0 Å². The quantitative estimate of drug-likeness (QED) is 0.844. The SMILES string of the molecule is CCc1ccc(C(C)NC(=O)C(=O)Nc2c(F)cccc2F)cc1. The number of hydrogen-bond acceptors (Lipinski definition) is 2. The van der Waals surface area contributed by atoms with Gasteiger partial charge in [-0.3, -0.25) is 9.59 Å². The van der Waals surface area contributed by atoms with E-state index in [2.05, 4.69) is 5.32 Å². The molecule has 0 bridgehead atoms. The Balaban J connectivity index is 2.01. The molecule has 0 radical (unpaired) electrons. The summed E-state index contributed by atoms with van der Waals surface area (Å²) in [5.41, 5.74) is 1.34. The van der Waals surface area contributed by atoms with Crippen LogP contribution in [0.1, 0.15) is 31.0 Å². The average Bonchev–Trinajstić information content (AvgIpc) is 2.58. The topological polar surface area (TPSA) is 58.2 Å². The van der Waals surface area contributed by atoms with Crippen LogP contribution < -0.4 is 10.6 Å². The molecule has 0 heterocycles. The minimum Gasteiger partial charge on any atom is -0.341 e. The van der Waals surface area contributed by atoms with E-state index in [-0.39, 0.29) is 0 Å². The van der Waals surface area contributed by atoms with Crippen LogP contribution in [0.15, 0.2) is 42.5 Å². The Kier molecular flexibility index (Phi) is 5.63. The molecule has 24 heavy (non-hydrogen) atoms. The van der Waals surface area contributed by atoms with Crippen LogP contribution in [0.3, 0.4) is 0 Å². The second kappa shape index (κ2) is 7.68. The molecule has 0 fully saturated rings. The second-order valence-electron chi connectivity index (χ2n) is 5.34. The fraction of sp³-hybridized carbons (Fsp3) is 0.222. The molecule has 2 aromatic carbocycles. The molecule has 0 saturated carbocycles. The standard InChI is InChI=1S/C18H18F2N2O2/c1-3-12-7-9-13(10-8-12)11(2)21-17(23)18(24)22-16-14(19)5-4-6-15(16)20/h4-11H,3H2,1-2H3,(H,21,23)(H,22,24). The number of amides is 2. The Morgan fingerprint density at radius 1 is 1.00 bits per heavy atom. The number of carbonyl (C=O) groups excluding carboxylic acids is 2. The molecule has 0 saturated heterocycles. The minimum atomic E-state index is -1.13. The van der Waals surface area contributed by atoms with Gasteiger partial charge in [0.1, 0.15) is 17.3 Å². The largest absolute Gasteiger partial charge is 0.341 e. The van der Waals surface area contributed by atoms with E-state index in [1.54, 1.807) is 6.92 Å². The molecule has 2 aromatic rings. The lowest BCUT2D eigenvalue weighted by molar-refractivity contribution is -0.136. The maximum absolute atomic E-state index is 13.5. The van der Waals surface area contributed by atoms with Gasteiger partial charge in [-0.05, 0) is 36.6 Å². The smallest absolute Gasteiger partial charge is 0.313 e. The van der Waals surface area contributed by atoms with Crippen LogP contribution in [0, 0.1) is 11.6 Å². The average molecular weight is 332 g/mol. The zero-order chi connectivity index (χ0) is 17.7. The predicted octanol–water partition coefficient (Wildman–Crippen LogP) is 3.34. The molecule has 2 amide bonds. The third-order valence-electron chi connectivity index (χ3n) is 3.64. The van der Waals surface area contributed by atoms with Gasteiger partial charge in [0.2, 0.25) is 0 Å². The fourth-order valence-corrected chi connectivity index (χ4v) is 2.18. The summed E-state index contributed by atoms with van der Waals surface area (Å²) in [6.45, 7) is 3.75. The van der Waals surface area contributed by atoms with Crippen LogP contribution in [0.2, 0.25) is 0 Å². The number of anilines is 1. The van der Waals surface area contributed by atoms with Gasteiger partial charge in [-0.1, -0.05) is 37.3 Å². The van der Waals surface area contributed by atoms with Gasteiger partial charge in [-0.15, -0.1) is 0 Å². The van der Waals surface area contributed by atoms with Crippen molar-refractivity contribution in [1.82, 2.24) is 5.32 Å². The first kappa shape index (κ1) is 17.6. The second-order valence-corrected chi connectivity index (χ2v) is 5.34. The highest BCUT2D eigenvalue weighted by Gasteiger charge is 2.20. The molecule has 4 nitrogen and oxygen atoms in total. The van der Waals surface area contributed by atoms with Crippen molar-refractivity contribution in [2.24, 2.45) is 0 Å². The third-order valence-corrected chi connectivity index (χ3v) is 3.64. The summed E-state index contributed by atoms with van der Waals surface area (Å²) in [6.07, 6.45) is 0.900. The van der Waals surface area contributed by atoms with Crippen LogP contribution >= 0.6 is 0 Å². The van der Waals surface area contributed by atoms with Crippen LogP contribution in [-0.4, -0.2) is 11.8 Å². The Morgan fingerprint density at radius 2 is 1.58 bits per heavy atom. The van der Waals surface area contributed by atoms with Crippen LogP contribution in [0.4, 0.5) is 14.5 Å². The predicted molar refractivity (Wildman–Crippen MR) is 87.4 cm³/mol. The normalized spacial score (nSPS) is 11.7. The molecule has 0 aliphatic heterocycles. The Labute approximate surface area is 138 Å². The van der Waals surface area contributed by atoms with Gasteiger partial charge in [-0.25, -0.2) is 8.78 Å². The number of carbonyl (C=O) groups is 2. The maximum Gasteiger partial charge on any atom is 0.313 e. The van der Waals surface area contributed by atoms with Crippen molar-refractivity contribution < 1.29 is 18.4 Å². The highest BCUT2D eigenvalue weighted by atomic mass is 19.1. The Morgan fingerprint density at radius 3 is 2.12 bits per heavy atom. The number of halogens is 2. The first-order valence-corrected chi connectivity index (χ1v) is 7.57. The van der Waals surface area contributed by atoms with Crippen molar-refractivity contribution in [3.05, 3.63) is 65.2 Å². The molecule has 126 valence electrons. The van der Waals surface area contributed by atoms with E-state index < -0.39 is 35.2 Å². The molecule has 0 spiro atoms. The summed E-state index contributed by atoms with van der Waals surface area (Å²) in [5.74, 6) is -3.99. The molecule has 1 atom stereocenters. The van der Waals surface area contributed by atoms with E-state index in [1.165, 1.54) is 6.07 Å². The first-order chi connectivity index (χ1) is 11.4. The zero-order valence-electron chi connectivity index (χ0n) is 13.4. The Bertz CT molecular complexity index is 725. The van der Waals surface area contributed by atoms with Crippen molar-refractivity contribution in [2.75, 3.05) is 5.32 Å². The fourth-order valence-electron chi connectivity index (χ4n) is 2.18. The minimum absolute atomic E-state index is 0.417. The van der Waals surface area contributed by atoms with Gasteiger partial charge < -0.3 is 10.6 Å². The highest BCUT2D eigenvalue weighted by molar-refractivity contribution is 6.39. The lowest BCUT2D eigenvalue weighted by atomic mass is 10.1. The van der Waals surface area contributed by atoms with Crippen LogP contribution in [0.25, 0.3) is 0 Å². The number of hydrogen-bond donors (Lipinski definition) is 2. The molecule has 2 rings (SSSR count). The summed E-state index contributed by atoms with van der Waals surface area (Å²) in [5, 5.41) is 4.45. The van der Waals surface area contributed by atoms with E-state index in [0.29, 0.717) is 0 Å². The lowest BCUT2D eigenvalue weighted by Gasteiger charge is -2.15. The van der Waals surface area contributed by atoms with E-state index in [0.717, 1.165) is 29.7 Å². The van der Waals surface area contributed by atoms with E-state index >= 15 is 0 Å². The maximum atomic E-state index is 13.5. The number of benzene rings is 2. The van der Waals surface area contributed by atoms with Crippen molar-refractivity contribution in [1.29, 1.82) is 0 Å². The van der Waals surface area contributed by atoms with Crippen LogP contribution in [0.5, 0.6) is 0 Å². The van der Waals surface area contributed by atoms with E-state index in [9.17, 15) is 18.4 Å².